The van der Waals surface area contributed by atoms with Gasteiger partial charge < -0.3 is 5.32 Å². The Hall–Kier alpha value is -1.30. The molecular weight excluding hydrogens is 466 g/mol. The molecule has 4 fully saturated rings. The second-order valence-corrected chi connectivity index (χ2v) is 13.6. The molecule has 0 atom stereocenters. The fraction of sp³-hybridized carbons (Fsp3) is 0.556. The molecule has 8 rings (SSSR count). The summed E-state index contributed by atoms with van der Waals surface area (Å²) < 4.78 is 0. The van der Waals surface area contributed by atoms with Crippen molar-refractivity contribution in [3.8, 4) is 0 Å². The lowest BCUT2D eigenvalue weighted by Crippen LogP contribution is -2.49. The van der Waals surface area contributed by atoms with Crippen LogP contribution in [0.25, 0.3) is 10.2 Å². The van der Waals surface area contributed by atoms with Gasteiger partial charge in [0.15, 0.2) is 0 Å². The zero-order chi connectivity index (χ0) is 22.0. The van der Waals surface area contributed by atoms with Crippen LogP contribution in [-0.2, 0) is 18.6 Å². The molecule has 0 aliphatic heterocycles. The Morgan fingerprint density at radius 2 is 1.73 bits per heavy atom. The van der Waals surface area contributed by atoms with Crippen molar-refractivity contribution in [3.63, 3.8) is 0 Å². The molecule has 4 bridgehead atoms. The van der Waals surface area contributed by atoms with E-state index in [1.165, 1.54) is 78.5 Å². The van der Waals surface area contributed by atoms with E-state index in [1.54, 1.807) is 16.6 Å². The summed E-state index contributed by atoms with van der Waals surface area (Å²) in [5.74, 6) is 5.80. The first kappa shape index (κ1) is 21.0. The smallest absolute Gasteiger partial charge is 0.142 e. The molecule has 0 radical (unpaired) electrons. The van der Waals surface area contributed by atoms with Gasteiger partial charge in [0.2, 0.25) is 0 Å². The number of fused-ring (bicyclic) bond motifs is 3. The van der Waals surface area contributed by atoms with E-state index in [0.717, 1.165) is 46.7 Å². The molecule has 2 heterocycles. The van der Waals surface area contributed by atoms with Crippen LogP contribution in [0.2, 0.25) is 5.02 Å². The van der Waals surface area contributed by atoms with E-state index < -0.39 is 0 Å². The maximum Gasteiger partial charge on any atom is 0.142 e. The fourth-order valence-corrected chi connectivity index (χ4v) is 9.85. The summed E-state index contributed by atoms with van der Waals surface area (Å²) in [6.07, 6.45) is 12.5. The van der Waals surface area contributed by atoms with Gasteiger partial charge in [0.25, 0.3) is 0 Å². The van der Waals surface area contributed by atoms with E-state index in [9.17, 15) is 0 Å². The van der Waals surface area contributed by atoms with E-state index >= 15 is 0 Å². The van der Waals surface area contributed by atoms with Crippen LogP contribution in [0.15, 0.2) is 29.2 Å². The summed E-state index contributed by atoms with van der Waals surface area (Å²) in [5, 5.41) is 6.05. The maximum absolute atomic E-state index is 6.06. The lowest BCUT2D eigenvalue weighted by Gasteiger charge is -2.57. The third kappa shape index (κ3) is 3.88. The topological polar surface area (TPSA) is 37.8 Å². The van der Waals surface area contributed by atoms with Gasteiger partial charge in [0.05, 0.1) is 11.1 Å². The molecular formula is C27H30ClN3S2. The van der Waals surface area contributed by atoms with Crippen molar-refractivity contribution >= 4 is 50.7 Å². The summed E-state index contributed by atoms with van der Waals surface area (Å²) >= 11 is 9.75. The van der Waals surface area contributed by atoms with E-state index in [2.05, 4.69) is 17.4 Å². The van der Waals surface area contributed by atoms with Crippen LogP contribution < -0.4 is 5.32 Å². The number of rotatable bonds is 6. The molecule has 0 amide bonds. The highest BCUT2D eigenvalue weighted by Crippen LogP contribution is 2.60. The third-order valence-corrected chi connectivity index (χ3v) is 11.0. The first-order valence-electron chi connectivity index (χ1n) is 12.6. The molecule has 172 valence electrons. The van der Waals surface area contributed by atoms with Gasteiger partial charge in [0, 0.05) is 21.3 Å². The van der Waals surface area contributed by atoms with Crippen molar-refractivity contribution in [2.75, 3.05) is 11.9 Å². The summed E-state index contributed by atoms with van der Waals surface area (Å²) in [4.78, 5) is 14.1. The minimum atomic E-state index is 0.503. The first-order valence-corrected chi connectivity index (χ1v) is 14.7. The van der Waals surface area contributed by atoms with Crippen LogP contribution >= 0.6 is 34.7 Å². The Morgan fingerprint density at radius 3 is 2.45 bits per heavy atom. The Balaban J connectivity index is 1.17. The van der Waals surface area contributed by atoms with Crippen LogP contribution in [-0.4, -0.2) is 16.5 Å². The second kappa shape index (κ2) is 8.13. The van der Waals surface area contributed by atoms with Crippen molar-refractivity contribution in [2.24, 2.45) is 23.2 Å². The summed E-state index contributed by atoms with van der Waals surface area (Å²) in [7, 11) is 0. The molecule has 3 nitrogen and oxygen atoms in total. The predicted molar refractivity (Wildman–Crippen MR) is 140 cm³/mol. The normalized spacial score (nSPS) is 29.7. The number of aromatic nitrogens is 2. The van der Waals surface area contributed by atoms with Gasteiger partial charge in [-0.25, -0.2) is 9.97 Å². The number of nitrogens with one attached hydrogen (secondary N) is 1. The molecule has 1 aromatic carbocycles. The van der Waals surface area contributed by atoms with E-state index in [4.69, 9.17) is 21.6 Å². The maximum atomic E-state index is 6.06. The number of thiophene rings is 1. The Labute approximate surface area is 209 Å². The standard InChI is InChI=1S/C27H30ClN3S2/c28-19-4-6-20(7-5-19)32-14-23-30-25(24-21-2-1-3-22(21)33-26(24)31-23)29-15-27-11-16-8-17(12-27)10-18(9-16)13-27/h4-7,16-18H,1-3,8-15H2,(H,29,30,31). The van der Waals surface area contributed by atoms with Crippen molar-refractivity contribution in [1.29, 1.82) is 0 Å². The number of halogens is 1. The minimum absolute atomic E-state index is 0.503. The lowest BCUT2D eigenvalue weighted by molar-refractivity contribution is -0.0444. The lowest BCUT2D eigenvalue weighted by atomic mass is 9.49. The summed E-state index contributed by atoms with van der Waals surface area (Å²) in [6.45, 7) is 1.09. The average molecular weight is 496 g/mol. The van der Waals surface area contributed by atoms with Gasteiger partial charge in [-0.2, -0.15) is 0 Å². The highest BCUT2D eigenvalue weighted by atomic mass is 35.5. The zero-order valence-corrected chi connectivity index (χ0v) is 21.3. The molecule has 0 spiro atoms. The van der Waals surface area contributed by atoms with Crippen molar-refractivity contribution < 1.29 is 0 Å². The highest BCUT2D eigenvalue weighted by molar-refractivity contribution is 7.98. The second-order valence-electron chi connectivity index (χ2n) is 11.0. The van der Waals surface area contributed by atoms with Crippen LogP contribution in [0.3, 0.4) is 0 Å². The summed E-state index contributed by atoms with van der Waals surface area (Å²) in [6, 6.07) is 8.07. The molecule has 0 saturated heterocycles. The average Bonchev–Trinajstić information content (AvgIpc) is 3.37. The van der Waals surface area contributed by atoms with Crippen molar-refractivity contribution in [3.05, 3.63) is 45.6 Å². The Bertz CT molecular complexity index is 1170. The number of thioether (sulfide) groups is 1. The Kier molecular flexibility index (Phi) is 5.18. The van der Waals surface area contributed by atoms with Crippen LogP contribution in [0.1, 0.15) is 61.2 Å². The zero-order valence-electron chi connectivity index (χ0n) is 18.9. The molecule has 0 unspecified atom stereocenters. The van der Waals surface area contributed by atoms with Crippen LogP contribution in [0, 0.1) is 23.2 Å². The molecule has 2 aromatic heterocycles. The molecule has 5 aliphatic rings. The van der Waals surface area contributed by atoms with Gasteiger partial charge >= 0.3 is 0 Å². The van der Waals surface area contributed by atoms with E-state index in [-0.39, 0.29) is 0 Å². The van der Waals surface area contributed by atoms with Gasteiger partial charge in [0.1, 0.15) is 16.5 Å². The molecule has 6 heteroatoms. The summed E-state index contributed by atoms with van der Waals surface area (Å²) in [5.41, 5.74) is 2.03. The van der Waals surface area contributed by atoms with Crippen molar-refractivity contribution in [2.45, 2.75) is 68.4 Å². The van der Waals surface area contributed by atoms with Gasteiger partial charge in [-0.3, -0.25) is 0 Å². The molecule has 1 N–H and O–H groups in total. The molecule has 4 saturated carbocycles. The van der Waals surface area contributed by atoms with E-state index in [1.807, 2.05) is 23.5 Å². The van der Waals surface area contributed by atoms with Crippen LogP contribution in [0.4, 0.5) is 5.82 Å². The quantitative estimate of drug-likeness (QED) is 0.354. The molecule has 5 aliphatic carbocycles. The monoisotopic (exact) mass is 495 g/mol. The first-order chi connectivity index (χ1) is 16.1. The number of benzene rings is 1. The molecule has 3 aromatic rings. The highest BCUT2D eigenvalue weighted by Gasteiger charge is 2.50. The number of aryl methyl sites for hydroxylation is 2. The number of hydrogen-bond acceptors (Lipinski definition) is 5. The minimum Gasteiger partial charge on any atom is -0.369 e. The Morgan fingerprint density at radius 1 is 1.00 bits per heavy atom. The number of anilines is 1. The van der Waals surface area contributed by atoms with Crippen molar-refractivity contribution in [1.82, 2.24) is 9.97 Å². The SMILES string of the molecule is Clc1ccc(SCc2nc(NCC34CC5CC(CC(C5)C3)C4)c3c4c(sc3n2)CCC4)cc1. The van der Waals surface area contributed by atoms with Crippen LogP contribution in [0.5, 0.6) is 0 Å². The number of hydrogen-bond donors (Lipinski definition) is 1. The number of nitrogens with zero attached hydrogens (tertiary/aromatic N) is 2. The largest absolute Gasteiger partial charge is 0.369 e. The predicted octanol–water partition coefficient (Wildman–Crippen LogP) is 7.75. The van der Waals surface area contributed by atoms with Gasteiger partial charge in [-0.15, -0.1) is 23.1 Å². The fourth-order valence-electron chi connectivity index (χ4n) is 7.69. The molecule has 33 heavy (non-hydrogen) atoms. The van der Waals surface area contributed by atoms with Gasteiger partial charge in [-0.05, 0) is 111 Å². The van der Waals surface area contributed by atoms with Gasteiger partial charge in [-0.1, -0.05) is 11.6 Å². The van der Waals surface area contributed by atoms with E-state index in [0.29, 0.717) is 5.41 Å². The third-order valence-electron chi connectivity index (χ3n) is 8.59.